The molecule has 0 radical (unpaired) electrons. The number of nitrogens with zero attached hydrogens (tertiary/aromatic N) is 5. The Labute approximate surface area is 197 Å². The van der Waals surface area contributed by atoms with Gasteiger partial charge in [-0.1, -0.05) is 6.07 Å². The minimum Gasteiger partial charge on any atom is -0.394 e. The number of aliphatic hydroxyl groups excluding tert-OH is 1. The summed E-state index contributed by atoms with van der Waals surface area (Å²) in [5.74, 6) is 10.4. The number of hydrogen-bond donors (Lipinski definition) is 4. The van der Waals surface area contributed by atoms with Gasteiger partial charge in [0.25, 0.3) is 5.91 Å². The normalized spacial score (nSPS) is 12.6. The molecule has 10 nitrogen and oxygen atoms in total. The fourth-order valence-electron chi connectivity index (χ4n) is 3.27. The van der Waals surface area contributed by atoms with Gasteiger partial charge in [0.2, 0.25) is 0 Å². The first-order valence-corrected chi connectivity index (χ1v) is 10.7. The number of nitrogens with one attached hydrogen (secondary N) is 1. The number of hydrogen-bond acceptors (Lipinski definition) is 7. The van der Waals surface area contributed by atoms with Crippen LogP contribution in [-0.2, 0) is 0 Å². The molecule has 0 saturated heterocycles. The van der Waals surface area contributed by atoms with E-state index in [4.69, 9.17) is 11.7 Å². The number of amidine groups is 1. The Morgan fingerprint density at radius 2 is 2.03 bits per heavy atom. The predicted molar refractivity (Wildman–Crippen MR) is 128 cm³/mol. The smallest absolute Gasteiger partial charge is 0.259 e. The minimum atomic E-state index is -0.675. The molecule has 1 amide bonds. The molecule has 0 aliphatic rings. The summed E-state index contributed by atoms with van der Waals surface area (Å²) in [6.07, 6.45) is 1.84. The Kier molecular flexibility index (Phi) is 7.59. The van der Waals surface area contributed by atoms with Gasteiger partial charge in [-0.3, -0.25) is 14.5 Å². The van der Waals surface area contributed by atoms with Crippen molar-refractivity contribution in [2.45, 2.75) is 39.8 Å². The number of aromatic nitrogens is 3. The number of amides is 1. The number of rotatable bonds is 7. The average molecular weight is 469 g/mol. The molecule has 1 atom stereocenters. The van der Waals surface area contributed by atoms with Crippen LogP contribution in [0.4, 0.5) is 10.2 Å². The van der Waals surface area contributed by atoms with Crippen molar-refractivity contribution in [1.82, 2.24) is 19.8 Å². The van der Waals surface area contributed by atoms with Gasteiger partial charge in [0, 0.05) is 17.8 Å². The highest BCUT2D eigenvalue weighted by molar-refractivity contribution is 6.05. The predicted octanol–water partition coefficient (Wildman–Crippen LogP) is 2.40. The summed E-state index contributed by atoms with van der Waals surface area (Å²) < 4.78 is 16.5. The Bertz CT molecular complexity index is 1210. The highest BCUT2D eigenvalue weighted by Crippen LogP contribution is 2.26. The summed E-state index contributed by atoms with van der Waals surface area (Å²) >= 11 is 0. The molecule has 0 saturated carbocycles. The van der Waals surface area contributed by atoms with Gasteiger partial charge < -0.3 is 16.3 Å². The number of hydrazone groups is 1. The second-order valence-electron chi connectivity index (χ2n) is 8.18. The lowest BCUT2D eigenvalue weighted by Crippen LogP contribution is -2.47. The van der Waals surface area contributed by atoms with Crippen LogP contribution >= 0.6 is 0 Å². The van der Waals surface area contributed by atoms with Crippen LogP contribution in [0.1, 0.15) is 48.4 Å². The molecule has 11 heteroatoms. The van der Waals surface area contributed by atoms with Crippen molar-refractivity contribution in [2.75, 3.05) is 11.9 Å². The van der Waals surface area contributed by atoms with E-state index in [0.717, 1.165) is 0 Å². The quantitative estimate of drug-likeness (QED) is 0.180. The van der Waals surface area contributed by atoms with Gasteiger partial charge in [-0.2, -0.15) is 10.2 Å². The zero-order chi connectivity index (χ0) is 25.0. The van der Waals surface area contributed by atoms with Crippen LogP contribution in [0.2, 0.25) is 0 Å². The molecule has 180 valence electrons. The maximum absolute atomic E-state index is 14.7. The molecule has 3 rings (SSSR count). The summed E-state index contributed by atoms with van der Waals surface area (Å²) in [5, 5.41) is 21.3. The largest absolute Gasteiger partial charge is 0.394 e. The van der Waals surface area contributed by atoms with Crippen LogP contribution in [0.15, 0.2) is 47.7 Å². The van der Waals surface area contributed by atoms with Crippen LogP contribution in [-0.4, -0.2) is 49.3 Å². The SMILES string of the molecule is Cc1cc(F)c(C(=O)Nc2cccc(/C(=N/N)N(N)C(C)CO)n2)cc1-c1ccn(C(C)C)n1. The second-order valence-corrected chi connectivity index (χ2v) is 8.18. The van der Waals surface area contributed by atoms with E-state index < -0.39 is 17.8 Å². The number of aryl methyl sites for hydroxylation is 1. The third-order valence-corrected chi connectivity index (χ3v) is 5.30. The van der Waals surface area contributed by atoms with Crippen molar-refractivity contribution in [1.29, 1.82) is 0 Å². The first-order valence-electron chi connectivity index (χ1n) is 10.7. The molecule has 0 bridgehead atoms. The van der Waals surface area contributed by atoms with E-state index in [-0.39, 0.29) is 35.6 Å². The average Bonchev–Trinajstić information content (AvgIpc) is 3.29. The third-order valence-electron chi connectivity index (χ3n) is 5.30. The number of halogens is 1. The third kappa shape index (κ3) is 5.21. The van der Waals surface area contributed by atoms with E-state index >= 15 is 0 Å². The maximum Gasteiger partial charge on any atom is 0.259 e. The van der Waals surface area contributed by atoms with Crippen LogP contribution in [0, 0.1) is 12.7 Å². The fourth-order valence-corrected chi connectivity index (χ4v) is 3.27. The molecule has 2 heterocycles. The van der Waals surface area contributed by atoms with Crippen LogP contribution in [0.5, 0.6) is 0 Å². The first-order chi connectivity index (χ1) is 16.2. The Hall–Kier alpha value is -3.83. The van der Waals surface area contributed by atoms with Crippen molar-refractivity contribution in [3.05, 3.63) is 65.2 Å². The van der Waals surface area contributed by atoms with E-state index in [1.165, 1.54) is 17.1 Å². The molecule has 0 fully saturated rings. The number of nitrogens with two attached hydrogens (primary N) is 2. The van der Waals surface area contributed by atoms with Gasteiger partial charge in [-0.15, -0.1) is 0 Å². The van der Waals surface area contributed by atoms with E-state index in [9.17, 15) is 14.3 Å². The van der Waals surface area contributed by atoms with E-state index in [1.807, 2.05) is 26.1 Å². The van der Waals surface area contributed by atoms with E-state index in [1.54, 1.807) is 36.7 Å². The molecule has 0 spiro atoms. The lowest BCUT2D eigenvalue weighted by molar-refractivity contribution is 0.102. The van der Waals surface area contributed by atoms with Gasteiger partial charge in [-0.25, -0.2) is 15.2 Å². The van der Waals surface area contributed by atoms with Crippen LogP contribution < -0.4 is 17.0 Å². The van der Waals surface area contributed by atoms with E-state index in [0.29, 0.717) is 16.8 Å². The number of benzene rings is 1. The van der Waals surface area contributed by atoms with E-state index in [2.05, 4.69) is 20.5 Å². The molecular weight excluding hydrogens is 439 g/mol. The van der Waals surface area contributed by atoms with Crippen molar-refractivity contribution in [2.24, 2.45) is 16.8 Å². The van der Waals surface area contributed by atoms with Gasteiger partial charge >= 0.3 is 0 Å². The van der Waals surface area contributed by atoms with Gasteiger partial charge in [0.15, 0.2) is 5.84 Å². The summed E-state index contributed by atoms with van der Waals surface area (Å²) in [4.78, 5) is 17.3. The van der Waals surface area contributed by atoms with Crippen molar-refractivity contribution < 1.29 is 14.3 Å². The number of carbonyl (C=O) groups excluding carboxylic acids is 1. The highest BCUT2D eigenvalue weighted by Gasteiger charge is 2.20. The number of pyridine rings is 1. The molecule has 2 aromatic heterocycles. The zero-order valence-electron chi connectivity index (χ0n) is 19.5. The molecule has 34 heavy (non-hydrogen) atoms. The second kappa shape index (κ2) is 10.4. The van der Waals surface area contributed by atoms with Gasteiger partial charge in [-0.05, 0) is 63.6 Å². The maximum atomic E-state index is 14.7. The summed E-state index contributed by atoms with van der Waals surface area (Å²) in [6.45, 7) is 7.22. The molecule has 6 N–H and O–H groups in total. The number of anilines is 1. The summed E-state index contributed by atoms with van der Waals surface area (Å²) in [6, 6.07) is 9.08. The Morgan fingerprint density at radius 3 is 2.65 bits per heavy atom. The van der Waals surface area contributed by atoms with Crippen LogP contribution in [0.3, 0.4) is 0 Å². The lowest BCUT2D eigenvalue weighted by Gasteiger charge is -2.25. The monoisotopic (exact) mass is 468 g/mol. The standard InChI is InChI=1S/C23H29FN8O2/c1-13(2)31-9-8-19(30-31)16-11-17(18(24)10-14(16)3)23(34)28-21-7-5-6-20(27-21)22(29-25)32(26)15(4)12-33/h5-11,13,15,33H,12,25-26H2,1-4H3,(H,27,28,34)/b29-22-. The minimum absolute atomic E-state index is 0.113. The Balaban J connectivity index is 1.89. The van der Waals surface area contributed by atoms with Crippen LogP contribution in [0.25, 0.3) is 11.3 Å². The number of aliphatic hydroxyl groups is 1. The van der Waals surface area contributed by atoms with Gasteiger partial charge in [0.1, 0.15) is 17.3 Å². The van der Waals surface area contributed by atoms with Crippen molar-refractivity contribution in [3.63, 3.8) is 0 Å². The topological polar surface area (TPSA) is 148 Å². The molecule has 3 aromatic rings. The molecule has 0 aliphatic carbocycles. The lowest BCUT2D eigenvalue weighted by atomic mass is 10.0. The first kappa shape index (κ1) is 24.8. The Morgan fingerprint density at radius 1 is 1.29 bits per heavy atom. The molecule has 1 unspecified atom stereocenters. The van der Waals surface area contributed by atoms with Gasteiger partial charge in [0.05, 0.1) is 23.9 Å². The molecule has 1 aromatic carbocycles. The molecule has 0 aliphatic heterocycles. The highest BCUT2D eigenvalue weighted by atomic mass is 19.1. The fraction of sp³-hybridized carbons (Fsp3) is 0.304. The number of carbonyl (C=O) groups is 1. The zero-order valence-corrected chi connectivity index (χ0v) is 19.5. The number of hydrazine groups is 1. The summed E-state index contributed by atoms with van der Waals surface area (Å²) in [7, 11) is 0. The van der Waals surface area contributed by atoms with Crippen molar-refractivity contribution >= 4 is 17.6 Å². The van der Waals surface area contributed by atoms with Crippen molar-refractivity contribution in [3.8, 4) is 11.3 Å². The summed E-state index contributed by atoms with van der Waals surface area (Å²) in [5.41, 5.74) is 2.08. The molecular formula is C23H29FN8O2.